The number of carbonyl (C=O) groups is 2. The van der Waals surface area contributed by atoms with E-state index in [0.29, 0.717) is 13.1 Å². The molecule has 0 saturated carbocycles. The summed E-state index contributed by atoms with van der Waals surface area (Å²) < 4.78 is 5.65. The van der Waals surface area contributed by atoms with E-state index in [1.165, 1.54) is 11.3 Å². The van der Waals surface area contributed by atoms with Gasteiger partial charge < -0.3 is 15.0 Å². The average molecular weight is 401 g/mol. The number of hydrogen-bond acceptors (Lipinski definition) is 4. The Morgan fingerprint density at radius 2 is 2.04 bits per heavy atom. The van der Waals surface area contributed by atoms with Crippen LogP contribution in [0.5, 0.6) is 5.75 Å². The van der Waals surface area contributed by atoms with Gasteiger partial charge in [-0.05, 0) is 62.3 Å². The predicted octanol–water partition coefficient (Wildman–Crippen LogP) is 3.75. The standard InChI is InChI=1S/C22H28N2O3S/c1-16(2)27-19-9-7-17(8-10-19)11-12-23-21(25)18-5-3-13-24(15-18)22(26)20-6-4-14-28-20/h4,6-10,14,16,18H,3,5,11-13,15H2,1-2H3,(H,23,25). The molecule has 1 aromatic heterocycles. The summed E-state index contributed by atoms with van der Waals surface area (Å²) in [5, 5.41) is 4.94. The minimum atomic E-state index is -0.125. The Morgan fingerprint density at radius 3 is 2.71 bits per heavy atom. The van der Waals surface area contributed by atoms with E-state index in [1.807, 2.05) is 60.5 Å². The molecule has 1 atom stereocenters. The SMILES string of the molecule is CC(C)Oc1ccc(CCNC(=O)C2CCCN(C(=O)c3cccs3)C2)cc1. The maximum absolute atomic E-state index is 12.6. The number of rotatable bonds is 7. The molecule has 5 nitrogen and oxygen atoms in total. The lowest BCUT2D eigenvalue weighted by Crippen LogP contribution is -2.45. The van der Waals surface area contributed by atoms with Crippen LogP contribution in [0.25, 0.3) is 0 Å². The van der Waals surface area contributed by atoms with Crippen LogP contribution in [0, 0.1) is 5.92 Å². The van der Waals surface area contributed by atoms with Crippen LogP contribution in [0.1, 0.15) is 41.9 Å². The van der Waals surface area contributed by atoms with E-state index >= 15 is 0 Å². The number of carbonyl (C=O) groups excluding carboxylic acids is 2. The van der Waals surface area contributed by atoms with Gasteiger partial charge in [0.2, 0.25) is 5.91 Å². The summed E-state index contributed by atoms with van der Waals surface area (Å²) in [6.45, 7) is 5.83. The van der Waals surface area contributed by atoms with Crippen molar-refractivity contribution in [1.82, 2.24) is 10.2 Å². The van der Waals surface area contributed by atoms with Gasteiger partial charge >= 0.3 is 0 Å². The number of nitrogens with one attached hydrogen (secondary N) is 1. The van der Waals surface area contributed by atoms with Crippen molar-refractivity contribution >= 4 is 23.2 Å². The van der Waals surface area contributed by atoms with Crippen LogP contribution in [0.2, 0.25) is 0 Å². The summed E-state index contributed by atoms with van der Waals surface area (Å²) in [7, 11) is 0. The second kappa shape index (κ2) is 9.73. The molecule has 1 saturated heterocycles. The fourth-order valence-electron chi connectivity index (χ4n) is 3.41. The van der Waals surface area contributed by atoms with Crippen molar-refractivity contribution < 1.29 is 14.3 Å². The second-order valence-electron chi connectivity index (χ2n) is 7.42. The van der Waals surface area contributed by atoms with Crippen molar-refractivity contribution in [3.63, 3.8) is 0 Å². The zero-order valence-corrected chi connectivity index (χ0v) is 17.3. The molecule has 0 aliphatic carbocycles. The van der Waals surface area contributed by atoms with Crippen LogP contribution >= 0.6 is 11.3 Å². The predicted molar refractivity (Wildman–Crippen MR) is 112 cm³/mol. The number of ether oxygens (including phenoxy) is 1. The first-order valence-electron chi connectivity index (χ1n) is 9.89. The van der Waals surface area contributed by atoms with Crippen LogP contribution in [0.4, 0.5) is 0 Å². The zero-order valence-electron chi connectivity index (χ0n) is 16.5. The Balaban J connectivity index is 1.45. The number of hydrogen-bond donors (Lipinski definition) is 1. The van der Waals surface area contributed by atoms with E-state index in [9.17, 15) is 9.59 Å². The molecule has 2 heterocycles. The molecule has 1 aliphatic rings. The lowest BCUT2D eigenvalue weighted by Gasteiger charge is -2.31. The first kappa shape index (κ1) is 20.4. The number of piperidine rings is 1. The molecule has 0 bridgehead atoms. The summed E-state index contributed by atoms with van der Waals surface area (Å²) in [6.07, 6.45) is 2.64. The van der Waals surface area contributed by atoms with Gasteiger partial charge in [0.05, 0.1) is 16.9 Å². The van der Waals surface area contributed by atoms with E-state index in [-0.39, 0.29) is 23.8 Å². The lowest BCUT2D eigenvalue weighted by atomic mass is 9.97. The number of thiophene rings is 1. The fourth-order valence-corrected chi connectivity index (χ4v) is 4.10. The van der Waals surface area contributed by atoms with E-state index in [2.05, 4.69) is 5.32 Å². The minimum absolute atomic E-state index is 0.0382. The smallest absolute Gasteiger partial charge is 0.263 e. The minimum Gasteiger partial charge on any atom is -0.491 e. The molecule has 2 aromatic rings. The third-order valence-electron chi connectivity index (χ3n) is 4.82. The van der Waals surface area contributed by atoms with Gasteiger partial charge in [0, 0.05) is 19.6 Å². The molecule has 1 aliphatic heterocycles. The van der Waals surface area contributed by atoms with E-state index < -0.39 is 0 Å². The van der Waals surface area contributed by atoms with Crippen LogP contribution in [0.3, 0.4) is 0 Å². The normalized spacial score (nSPS) is 16.8. The Bertz CT molecular complexity index is 772. The second-order valence-corrected chi connectivity index (χ2v) is 8.37. The Morgan fingerprint density at radius 1 is 1.25 bits per heavy atom. The average Bonchev–Trinajstić information content (AvgIpc) is 3.23. The maximum Gasteiger partial charge on any atom is 0.263 e. The van der Waals surface area contributed by atoms with Crippen molar-refractivity contribution in [1.29, 1.82) is 0 Å². The molecule has 1 fully saturated rings. The topological polar surface area (TPSA) is 58.6 Å². The van der Waals surface area contributed by atoms with Gasteiger partial charge in [0.25, 0.3) is 5.91 Å². The van der Waals surface area contributed by atoms with Gasteiger partial charge in [-0.3, -0.25) is 9.59 Å². The van der Waals surface area contributed by atoms with Crippen LogP contribution in [-0.2, 0) is 11.2 Å². The first-order chi connectivity index (χ1) is 13.5. The van der Waals surface area contributed by atoms with Crippen molar-refractivity contribution in [3.8, 4) is 5.75 Å². The van der Waals surface area contributed by atoms with Crippen LogP contribution < -0.4 is 10.1 Å². The molecule has 1 aromatic carbocycles. The maximum atomic E-state index is 12.6. The Hall–Kier alpha value is -2.34. The first-order valence-corrected chi connectivity index (χ1v) is 10.8. The van der Waals surface area contributed by atoms with E-state index in [0.717, 1.165) is 42.0 Å². The fraction of sp³-hybridized carbons (Fsp3) is 0.455. The largest absolute Gasteiger partial charge is 0.491 e. The number of benzene rings is 1. The molecular weight excluding hydrogens is 372 g/mol. The van der Waals surface area contributed by atoms with Gasteiger partial charge in [0.1, 0.15) is 5.75 Å². The van der Waals surface area contributed by atoms with E-state index in [4.69, 9.17) is 4.74 Å². The molecule has 28 heavy (non-hydrogen) atoms. The van der Waals surface area contributed by atoms with Gasteiger partial charge in [-0.15, -0.1) is 11.3 Å². The van der Waals surface area contributed by atoms with Gasteiger partial charge in [-0.1, -0.05) is 18.2 Å². The van der Waals surface area contributed by atoms with Crippen LogP contribution in [-0.4, -0.2) is 42.5 Å². The molecule has 6 heteroatoms. The molecule has 1 N–H and O–H groups in total. The molecule has 3 rings (SSSR count). The lowest BCUT2D eigenvalue weighted by molar-refractivity contribution is -0.126. The summed E-state index contributed by atoms with van der Waals surface area (Å²) >= 11 is 1.45. The van der Waals surface area contributed by atoms with Crippen molar-refractivity contribution in [2.45, 2.75) is 39.2 Å². The van der Waals surface area contributed by atoms with Crippen molar-refractivity contribution in [3.05, 3.63) is 52.2 Å². The molecule has 0 radical (unpaired) electrons. The van der Waals surface area contributed by atoms with Crippen molar-refractivity contribution in [2.75, 3.05) is 19.6 Å². The summed E-state index contributed by atoms with van der Waals surface area (Å²) in [6, 6.07) is 11.7. The van der Waals surface area contributed by atoms with E-state index in [1.54, 1.807) is 0 Å². The molecular formula is C22H28N2O3S. The number of likely N-dealkylation sites (tertiary alicyclic amines) is 1. The van der Waals surface area contributed by atoms with Crippen LogP contribution in [0.15, 0.2) is 41.8 Å². The summed E-state index contributed by atoms with van der Waals surface area (Å²) in [5.74, 6) is 0.819. The zero-order chi connectivity index (χ0) is 19.9. The number of amides is 2. The molecule has 2 amide bonds. The van der Waals surface area contributed by atoms with Crippen molar-refractivity contribution in [2.24, 2.45) is 5.92 Å². The van der Waals surface area contributed by atoms with Gasteiger partial charge in [0.15, 0.2) is 0 Å². The molecule has 1 unspecified atom stereocenters. The highest BCUT2D eigenvalue weighted by atomic mass is 32.1. The highest BCUT2D eigenvalue weighted by molar-refractivity contribution is 7.12. The highest BCUT2D eigenvalue weighted by Crippen LogP contribution is 2.21. The highest BCUT2D eigenvalue weighted by Gasteiger charge is 2.29. The summed E-state index contributed by atoms with van der Waals surface area (Å²) in [5.41, 5.74) is 1.16. The third kappa shape index (κ3) is 5.58. The monoisotopic (exact) mass is 400 g/mol. The quantitative estimate of drug-likeness (QED) is 0.770. The van der Waals surface area contributed by atoms with Gasteiger partial charge in [-0.2, -0.15) is 0 Å². The molecule has 150 valence electrons. The van der Waals surface area contributed by atoms with Gasteiger partial charge in [-0.25, -0.2) is 0 Å². The third-order valence-corrected chi connectivity index (χ3v) is 5.68. The molecule has 0 spiro atoms. The number of nitrogens with zero attached hydrogens (tertiary/aromatic N) is 1. The summed E-state index contributed by atoms with van der Waals surface area (Å²) in [4.78, 5) is 27.6. The Labute approximate surface area is 170 Å². The Kier molecular flexibility index (Phi) is 7.09.